The second-order valence-electron chi connectivity index (χ2n) is 4.08. The molecule has 0 aliphatic heterocycles. The first-order valence-corrected chi connectivity index (χ1v) is 5.71. The van der Waals surface area contributed by atoms with Crippen molar-refractivity contribution in [2.45, 2.75) is 31.7 Å². The van der Waals surface area contributed by atoms with E-state index < -0.39 is 0 Å². The molecular weight excluding hydrogens is 210 g/mol. The summed E-state index contributed by atoms with van der Waals surface area (Å²) in [4.78, 5) is 8.29. The summed E-state index contributed by atoms with van der Waals surface area (Å²) in [6.45, 7) is 0. The maximum absolute atomic E-state index is 5.82. The van der Waals surface area contributed by atoms with E-state index in [1.54, 1.807) is 6.20 Å². The molecule has 1 saturated carbocycles. The van der Waals surface area contributed by atoms with Crippen LogP contribution in [0.5, 0.6) is 0 Å². The summed E-state index contributed by atoms with van der Waals surface area (Å²) in [5, 5.41) is 1.41. The first-order valence-electron chi connectivity index (χ1n) is 5.34. The molecule has 1 fully saturated rings. The number of aromatic nitrogens is 3. The normalized spacial score (nSPS) is 17.7. The van der Waals surface area contributed by atoms with Crippen LogP contribution in [0.1, 0.15) is 31.7 Å². The van der Waals surface area contributed by atoms with E-state index in [9.17, 15) is 0 Å². The molecule has 0 spiro atoms. The van der Waals surface area contributed by atoms with E-state index in [2.05, 4.69) is 26.8 Å². The lowest BCUT2D eigenvalue weighted by molar-refractivity contribution is 0.532. The smallest absolute Gasteiger partial charge is 0.224 e. The van der Waals surface area contributed by atoms with E-state index in [0.29, 0.717) is 11.3 Å². The van der Waals surface area contributed by atoms with Crippen molar-refractivity contribution in [2.24, 2.45) is 0 Å². The monoisotopic (exact) mass is 221 g/mol. The third-order valence-electron chi connectivity index (χ3n) is 3.14. The molecule has 78 valence electrons. The number of hydrogen-bond donors (Lipinski definition) is 0. The zero-order valence-corrected chi connectivity index (χ0v) is 9.11. The number of hydrogen-bond acceptors (Lipinski definition) is 2. The van der Waals surface area contributed by atoms with Crippen LogP contribution in [0.4, 0.5) is 0 Å². The molecule has 1 aliphatic rings. The minimum Gasteiger partial charge on any atom is -0.329 e. The molecule has 0 aromatic carbocycles. The van der Waals surface area contributed by atoms with Gasteiger partial charge in [0.1, 0.15) is 5.65 Å². The van der Waals surface area contributed by atoms with Gasteiger partial charge in [-0.15, -0.1) is 0 Å². The molecule has 0 amide bonds. The summed E-state index contributed by atoms with van der Waals surface area (Å²) < 4.78 is 2.25. The minimum atomic E-state index is 0.334. The van der Waals surface area contributed by atoms with Gasteiger partial charge in [-0.2, -0.15) is 4.98 Å². The lowest BCUT2D eigenvalue weighted by atomic mass is 10.2. The van der Waals surface area contributed by atoms with E-state index >= 15 is 0 Å². The van der Waals surface area contributed by atoms with E-state index in [-0.39, 0.29) is 0 Å². The standard InChI is InChI=1S/C11H12ClN3/c12-11-13-7-8-5-6-15(10(8)14-11)9-3-1-2-4-9/h5-7,9H,1-4H2. The first kappa shape index (κ1) is 9.16. The Balaban J connectivity index is 2.13. The Kier molecular flexibility index (Phi) is 2.13. The van der Waals surface area contributed by atoms with E-state index in [4.69, 9.17) is 11.6 Å². The molecule has 2 heterocycles. The van der Waals surface area contributed by atoms with Crippen molar-refractivity contribution in [1.29, 1.82) is 0 Å². The van der Waals surface area contributed by atoms with Crippen LogP contribution in [0.15, 0.2) is 18.5 Å². The van der Waals surface area contributed by atoms with Gasteiger partial charge < -0.3 is 4.57 Å². The largest absolute Gasteiger partial charge is 0.329 e. The Morgan fingerprint density at radius 3 is 2.93 bits per heavy atom. The van der Waals surface area contributed by atoms with Gasteiger partial charge in [0, 0.05) is 23.8 Å². The average molecular weight is 222 g/mol. The van der Waals surface area contributed by atoms with Crippen LogP contribution in [-0.2, 0) is 0 Å². The lowest BCUT2D eigenvalue weighted by Gasteiger charge is -2.12. The molecule has 1 aliphatic carbocycles. The van der Waals surface area contributed by atoms with Gasteiger partial charge in [0.05, 0.1) is 0 Å². The van der Waals surface area contributed by atoms with Crippen LogP contribution >= 0.6 is 11.6 Å². The molecule has 2 aromatic rings. The van der Waals surface area contributed by atoms with Crippen LogP contribution in [0.2, 0.25) is 5.28 Å². The fourth-order valence-electron chi connectivity index (χ4n) is 2.39. The number of halogens is 1. The van der Waals surface area contributed by atoms with Crippen molar-refractivity contribution in [3.63, 3.8) is 0 Å². The van der Waals surface area contributed by atoms with Crippen LogP contribution in [0.3, 0.4) is 0 Å². The molecule has 0 radical (unpaired) electrons. The summed E-state index contributed by atoms with van der Waals surface area (Å²) in [5.41, 5.74) is 0.974. The van der Waals surface area contributed by atoms with Crippen molar-refractivity contribution in [3.8, 4) is 0 Å². The second kappa shape index (κ2) is 3.49. The zero-order chi connectivity index (χ0) is 10.3. The fraction of sp³-hybridized carbons (Fsp3) is 0.455. The molecule has 0 bridgehead atoms. The first-order chi connectivity index (χ1) is 7.34. The van der Waals surface area contributed by atoms with E-state index in [1.165, 1.54) is 25.7 Å². The Morgan fingerprint density at radius 1 is 1.33 bits per heavy atom. The van der Waals surface area contributed by atoms with Gasteiger partial charge in [-0.25, -0.2) is 4.98 Å². The third kappa shape index (κ3) is 1.51. The summed E-state index contributed by atoms with van der Waals surface area (Å²) in [6.07, 6.45) is 9.05. The van der Waals surface area contributed by atoms with Gasteiger partial charge in [-0.3, -0.25) is 0 Å². The van der Waals surface area contributed by atoms with Crippen molar-refractivity contribution in [2.75, 3.05) is 0 Å². The maximum Gasteiger partial charge on any atom is 0.224 e. The highest BCUT2D eigenvalue weighted by Crippen LogP contribution is 2.32. The molecule has 4 heteroatoms. The number of rotatable bonds is 1. The van der Waals surface area contributed by atoms with E-state index in [0.717, 1.165) is 11.0 Å². The van der Waals surface area contributed by atoms with Crippen molar-refractivity contribution in [3.05, 3.63) is 23.7 Å². The summed E-state index contributed by atoms with van der Waals surface area (Å²) >= 11 is 5.82. The molecule has 0 saturated heterocycles. The molecule has 0 N–H and O–H groups in total. The number of fused-ring (bicyclic) bond motifs is 1. The second-order valence-corrected chi connectivity index (χ2v) is 4.42. The topological polar surface area (TPSA) is 30.7 Å². The van der Waals surface area contributed by atoms with Crippen molar-refractivity contribution >= 4 is 22.6 Å². The zero-order valence-electron chi connectivity index (χ0n) is 8.36. The number of nitrogens with zero attached hydrogens (tertiary/aromatic N) is 3. The average Bonchev–Trinajstić information content (AvgIpc) is 2.83. The summed E-state index contributed by atoms with van der Waals surface area (Å²) in [7, 11) is 0. The van der Waals surface area contributed by atoms with E-state index in [1.807, 2.05) is 0 Å². The lowest BCUT2D eigenvalue weighted by Crippen LogP contribution is -2.03. The van der Waals surface area contributed by atoms with Gasteiger partial charge in [-0.1, -0.05) is 12.8 Å². The maximum atomic E-state index is 5.82. The SMILES string of the molecule is Clc1ncc2ccn(C3CCCC3)c2n1. The fourth-order valence-corrected chi connectivity index (χ4v) is 2.52. The van der Waals surface area contributed by atoms with Gasteiger partial charge >= 0.3 is 0 Å². The predicted molar refractivity (Wildman–Crippen MR) is 60.0 cm³/mol. The Labute approximate surface area is 93.1 Å². The molecule has 3 rings (SSSR count). The molecule has 0 atom stereocenters. The van der Waals surface area contributed by atoms with Crippen molar-refractivity contribution < 1.29 is 0 Å². The molecule has 2 aromatic heterocycles. The minimum absolute atomic E-state index is 0.334. The predicted octanol–water partition coefficient (Wildman–Crippen LogP) is 3.20. The van der Waals surface area contributed by atoms with Crippen LogP contribution in [0.25, 0.3) is 11.0 Å². The molecular formula is C11H12ClN3. The van der Waals surface area contributed by atoms with Crippen molar-refractivity contribution in [1.82, 2.24) is 14.5 Å². The van der Waals surface area contributed by atoms with Gasteiger partial charge in [0.15, 0.2) is 0 Å². The van der Waals surface area contributed by atoms with Gasteiger partial charge in [0.2, 0.25) is 5.28 Å². The highest BCUT2D eigenvalue weighted by atomic mass is 35.5. The molecule has 0 unspecified atom stereocenters. The highest BCUT2D eigenvalue weighted by molar-refractivity contribution is 6.28. The molecule has 3 nitrogen and oxygen atoms in total. The Bertz CT molecular complexity index is 486. The highest BCUT2D eigenvalue weighted by Gasteiger charge is 2.18. The Hall–Kier alpha value is -1.09. The quantitative estimate of drug-likeness (QED) is 0.693. The Morgan fingerprint density at radius 2 is 2.13 bits per heavy atom. The van der Waals surface area contributed by atoms with Crippen LogP contribution < -0.4 is 0 Å². The van der Waals surface area contributed by atoms with Gasteiger partial charge in [-0.05, 0) is 30.5 Å². The summed E-state index contributed by atoms with van der Waals surface area (Å²) in [6, 6.07) is 2.66. The van der Waals surface area contributed by atoms with Crippen LogP contribution in [0, 0.1) is 0 Å². The van der Waals surface area contributed by atoms with Crippen LogP contribution in [-0.4, -0.2) is 14.5 Å². The van der Waals surface area contributed by atoms with Gasteiger partial charge in [0.25, 0.3) is 0 Å². The third-order valence-corrected chi connectivity index (χ3v) is 3.33. The molecule has 15 heavy (non-hydrogen) atoms. The summed E-state index contributed by atoms with van der Waals surface area (Å²) in [5.74, 6) is 0.